The lowest BCUT2D eigenvalue weighted by atomic mass is 9.87. The molecule has 0 spiro atoms. The van der Waals surface area contributed by atoms with Crippen molar-refractivity contribution in [2.24, 2.45) is 0 Å². The summed E-state index contributed by atoms with van der Waals surface area (Å²) in [5, 5.41) is 0.681. The number of aryl methyl sites for hydroxylation is 1. The molecule has 2 aromatic rings. The van der Waals surface area contributed by atoms with Crippen LogP contribution in [0.5, 0.6) is 0 Å². The molecule has 142 valence electrons. The minimum atomic E-state index is -0.225. The molecule has 0 N–H and O–H groups in total. The summed E-state index contributed by atoms with van der Waals surface area (Å²) >= 11 is 7.87. The molecule has 0 bridgehead atoms. The van der Waals surface area contributed by atoms with Crippen LogP contribution in [0.4, 0.5) is 0 Å². The van der Waals surface area contributed by atoms with Crippen LogP contribution in [-0.2, 0) is 21.4 Å². The average Bonchev–Trinajstić information content (AvgIpc) is 2.62. The maximum Gasteiger partial charge on any atom is 0.335 e. The van der Waals surface area contributed by atoms with E-state index in [9.17, 15) is 4.79 Å². The number of halogens is 1. The Morgan fingerprint density at radius 1 is 1.11 bits per heavy atom. The van der Waals surface area contributed by atoms with E-state index < -0.39 is 0 Å². The highest BCUT2D eigenvalue weighted by atomic mass is 35.5. The van der Waals surface area contributed by atoms with Crippen LogP contribution in [0.3, 0.4) is 0 Å². The van der Waals surface area contributed by atoms with Gasteiger partial charge in [0, 0.05) is 14.8 Å². The summed E-state index contributed by atoms with van der Waals surface area (Å²) in [6, 6.07) is 14.5. The quantitative estimate of drug-likeness (QED) is 0.537. The third kappa shape index (κ3) is 4.59. The van der Waals surface area contributed by atoms with Gasteiger partial charge in [0.25, 0.3) is 0 Å². The van der Waals surface area contributed by atoms with Crippen LogP contribution in [0.25, 0.3) is 4.91 Å². The van der Waals surface area contributed by atoms with Crippen molar-refractivity contribution >= 4 is 34.2 Å². The molecule has 0 saturated heterocycles. The zero-order valence-electron chi connectivity index (χ0n) is 16.3. The van der Waals surface area contributed by atoms with Gasteiger partial charge in [0.05, 0.1) is 12.2 Å². The van der Waals surface area contributed by atoms with Crippen LogP contribution in [0.2, 0.25) is 5.02 Å². The molecule has 2 aromatic carbocycles. The van der Waals surface area contributed by atoms with Crippen molar-refractivity contribution in [1.29, 1.82) is 0 Å². The number of benzene rings is 2. The van der Waals surface area contributed by atoms with Gasteiger partial charge in [-0.1, -0.05) is 62.3 Å². The van der Waals surface area contributed by atoms with Crippen molar-refractivity contribution in [2.75, 3.05) is 6.61 Å². The number of carbonyl (C=O) groups excluding carboxylic acids is 1. The van der Waals surface area contributed by atoms with E-state index in [0.717, 1.165) is 27.4 Å². The number of esters is 1. The molecule has 0 heterocycles. The molecule has 0 radical (unpaired) electrons. The number of thioether (sulfide) groups is 1. The average molecular weight is 401 g/mol. The fourth-order valence-corrected chi connectivity index (χ4v) is 4.47. The van der Waals surface area contributed by atoms with Crippen molar-refractivity contribution in [2.45, 2.75) is 50.8 Å². The van der Waals surface area contributed by atoms with Crippen molar-refractivity contribution in [3.05, 3.63) is 69.8 Å². The molecule has 3 rings (SSSR count). The number of hydrogen-bond donors (Lipinski definition) is 0. The van der Waals surface area contributed by atoms with Crippen molar-refractivity contribution < 1.29 is 9.53 Å². The first-order valence-corrected chi connectivity index (χ1v) is 10.5. The first-order valence-electron chi connectivity index (χ1n) is 9.27. The predicted molar refractivity (Wildman–Crippen MR) is 114 cm³/mol. The molecule has 0 fully saturated rings. The highest BCUT2D eigenvalue weighted by Crippen LogP contribution is 2.44. The van der Waals surface area contributed by atoms with Crippen LogP contribution >= 0.6 is 23.4 Å². The Hall–Kier alpha value is -1.71. The van der Waals surface area contributed by atoms with Crippen LogP contribution < -0.4 is 0 Å². The zero-order chi connectivity index (χ0) is 19.6. The summed E-state index contributed by atoms with van der Waals surface area (Å²) in [5.74, 6) is -0.225. The Morgan fingerprint density at radius 2 is 1.81 bits per heavy atom. The molecular weight excluding hydrogens is 376 g/mol. The number of ether oxygens (including phenoxy) is 1. The minimum absolute atomic E-state index is 0.115. The number of rotatable bonds is 4. The Labute approximate surface area is 171 Å². The SMILES string of the molecule is CCOC(=O)C1=C(Sc2ccc(C(C)(C)C)cc2)c2cc(Cl)ccc2CC1. The maximum absolute atomic E-state index is 12.6. The largest absolute Gasteiger partial charge is 0.463 e. The highest BCUT2D eigenvalue weighted by molar-refractivity contribution is 8.08. The molecule has 2 nitrogen and oxygen atoms in total. The molecule has 27 heavy (non-hydrogen) atoms. The van der Waals surface area contributed by atoms with E-state index >= 15 is 0 Å². The van der Waals surface area contributed by atoms with Gasteiger partial charge >= 0.3 is 5.97 Å². The maximum atomic E-state index is 12.6. The Kier molecular flexibility index (Phi) is 6.02. The minimum Gasteiger partial charge on any atom is -0.463 e. The van der Waals surface area contributed by atoms with Crippen molar-refractivity contribution in [3.8, 4) is 0 Å². The molecule has 0 unspecified atom stereocenters. The van der Waals surface area contributed by atoms with Crippen LogP contribution in [0.1, 0.15) is 50.8 Å². The lowest BCUT2D eigenvalue weighted by molar-refractivity contribution is -0.138. The fourth-order valence-electron chi connectivity index (χ4n) is 3.18. The van der Waals surface area contributed by atoms with Crippen LogP contribution in [0.15, 0.2) is 52.9 Å². The smallest absolute Gasteiger partial charge is 0.335 e. The topological polar surface area (TPSA) is 26.3 Å². The fraction of sp³-hybridized carbons (Fsp3) is 0.348. The second-order valence-electron chi connectivity index (χ2n) is 7.71. The van der Waals surface area contributed by atoms with Gasteiger partial charge in [0.1, 0.15) is 0 Å². The van der Waals surface area contributed by atoms with Gasteiger partial charge in [0.2, 0.25) is 0 Å². The second kappa shape index (κ2) is 8.12. The molecule has 0 amide bonds. The highest BCUT2D eigenvalue weighted by Gasteiger charge is 2.25. The van der Waals surface area contributed by atoms with E-state index in [0.29, 0.717) is 18.1 Å². The first kappa shape index (κ1) is 20.0. The summed E-state index contributed by atoms with van der Waals surface area (Å²) in [6.45, 7) is 8.83. The molecule has 1 aliphatic carbocycles. The Bertz CT molecular complexity index is 876. The molecule has 1 aliphatic rings. The van der Waals surface area contributed by atoms with E-state index in [1.807, 2.05) is 19.1 Å². The Morgan fingerprint density at radius 3 is 2.44 bits per heavy atom. The summed E-state index contributed by atoms with van der Waals surface area (Å²) in [5.41, 5.74) is 4.42. The normalized spacial score (nSPS) is 14.1. The summed E-state index contributed by atoms with van der Waals surface area (Å²) in [6.07, 6.45) is 1.52. The summed E-state index contributed by atoms with van der Waals surface area (Å²) < 4.78 is 5.32. The standard InChI is InChI=1S/C23H25ClO2S/c1-5-26-22(25)19-13-7-15-6-10-17(24)14-20(15)21(19)27-18-11-8-16(9-12-18)23(2,3)4/h6,8-12,14H,5,7,13H2,1-4H3. The second-order valence-corrected chi connectivity index (χ2v) is 9.23. The van der Waals surface area contributed by atoms with Gasteiger partial charge in [-0.3, -0.25) is 0 Å². The van der Waals surface area contributed by atoms with Crippen LogP contribution in [-0.4, -0.2) is 12.6 Å². The van der Waals surface area contributed by atoms with E-state index in [2.05, 4.69) is 51.1 Å². The molecule has 0 aliphatic heterocycles. The lowest BCUT2D eigenvalue weighted by Crippen LogP contribution is -2.14. The monoisotopic (exact) mass is 400 g/mol. The number of carbonyl (C=O) groups is 1. The number of fused-ring (bicyclic) bond motifs is 1. The summed E-state index contributed by atoms with van der Waals surface area (Å²) in [4.78, 5) is 14.6. The third-order valence-electron chi connectivity index (χ3n) is 4.70. The van der Waals surface area contributed by atoms with Gasteiger partial charge in [-0.2, -0.15) is 0 Å². The van der Waals surface area contributed by atoms with Gasteiger partial charge in [0.15, 0.2) is 0 Å². The van der Waals surface area contributed by atoms with E-state index in [1.54, 1.807) is 11.8 Å². The molecule has 0 saturated carbocycles. The third-order valence-corrected chi connectivity index (χ3v) is 6.11. The van der Waals surface area contributed by atoms with Gasteiger partial charge in [-0.05, 0) is 66.1 Å². The predicted octanol–water partition coefficient (Wildman–Crippen LogP) is 6.65. The number of hydrogen-bond acceptors (Lipinski definition) is 3. The van der Waals surface area contributed by atoms with E-state index in [4.69, 9.17) is 16.3 Å². The molecule has 0 atom stereocenters. The van der Waals surface area contributed by atoms with E-state index in [-0.39, 0.29) is 11.4 Å². The van der Waals surface area contributed by atoms with Crippen LogP contribution in [0, 0.1) is 0 Å². The first-order chi connectivity index (χ1) is 12.8. The molecular formula is C23H25ClO2S. The molecule has 0 aromatic heterocycles. The van der Waals surface area contributed by atoms with Crippen molar-refractivity contribution in [1.82, 2.24) is 0 Å². The van der Waals surface area contributed by atoms with Gasteiger partial charge in [-0.25, -0.2) is 4.79 Å². The van der Waals surface area contributed by atoms with Crippen molar-refractivity contribution in [3.63, 3.8) is 0 Å². The Balaban J connectivity index is 2.02. The van der Waals surface area contributed by atoms with E-state index in [1.165, 1.54) is 11.1 Å². The molecule has 4 heteroatoms. The van der Waals surface area contributed by atoms with Gasteiger partial charge < -0.3 is 4.74 Å². The summed E-state index contributed by atoms with van der Waals surface area (Å²) in [7, 11) is 0. The zero-order valence-corrected chi connectivity index (χ0v) is 17.8. The lowest BCUT2D eigenvalue weighted by Gasteiger charge is -2.23. The van der Waals surface area contributed by atoms with Gasteiger partial charge in [-0.15, -0.1) is 0 Å².